The molecule has 6 nitrogen and oxygen atoms in total. The number of likely N-dealkylation sites (N-methyl/N-ethyl adjacent to an activating group) is 1. The van der Waals surface area contributed by atoms with E-state index in [4.69, 9.17) is 4.43 Å². The normalized spacial score (nSPS) is 19.9. The third-order valence-electron chi connectivity index (χ3n) is 9.13. The lowest BCUT2D eigenvalue weighted by Crippen LogP contribution is -2.45. The molecule has 2 aliphatic rings. The van der Waals surface area contributed by atoms with Crippen molar-refractivity contribution in [3.05, 3.63) is 85.6 Å². The molecular weight excluding hydrogens is 613 g/mol. The Hall–Kier alpha value is -2.59. The summed E-state index contributed by atoms with van der Waals surface area (Å²) in [5.74, 6) is -0.542. The quantitative estimate of drug-likeness (QED) is 0.298. The van der Waals surface area contributed by atoms with E-state index in [9.17, 15) is 9.90 Å². The highest BCUT2D eigenvalue weighted by atomic mass is 79.9. The second-order valence-electron chi connectivity index (χ2n) is 14.1. The standard InChI is InChI=1S/C33H41BrFN3O3Si/c1-32(2,3)20-13-19-18-36-38(31(40)29(19)26(35)14-20)27-12-10-11-22-23(27)15-21(41-42(8,9)33(4,5)6)16-28-24(22)17-25(34)30(39)37(28)7/h10-14,17-18,21,30,39H,15-16H2,1-9H3. The summed E-state index contributed by atoms with van der Waals surface area (Å²) >= 11 is 3.55. The summed E-state index contributed by atoms with van der Waals surface area (Å²) in [6.45, 7) is 17.2. The van der Waals surface area contributed by atoms with Crippen molar-refractivity contribution in [2.75, 3.05) is 7.05 Å². The lowest BCUT2D eigenvalue weighted by Gasteiger charge is -2.40. The Balaban J connectivity index is 1.73. The summed E-state index contributed by atoms with van der Waals surface area (Å²) < 4.78 is 24.5. The Bertz CT molecular complexity index is 1700. The molecule has 0 bridgehead atoms. The lowest BCUT2D eigenvalue weighted by atomic mass is 9.86. The molecular formula is C33H41BrFN3O3Si. The number of rotatable bonds is 3. The van der Waals surface area contributed by atoms with Crippen LogP contribution in [0.4, 0.5) is 4.39 Å². The molecule has 0 fully saturated rings. The van der Waals surface area contributed by atoms with Crippen molar-refractivity contribution in [2.45, 2.75) is 90.3 Å². The number of allylic oxidation sites excluding steroid dienone is 2. The van der Waals surface area contributed by atoms with Gasteiger partial charge in [-0.25, -0.2) is 4.39 Å². The molecule has 1 aliphatic carbocycles. The Labute approximate surface area is 257 Å². The van der Waals surface area contributed by atoms with Crippen molar-refractivity contribution in [2.24, 2.45) is 0 Å². The fourth-order valence-electron chi connectivity index (χ4n) is 5.58. The van der Waals surface area contributed by atoms with Crippen LogP contribution in [-0.4, -0.2) is 47.5 Å². The molecule has 2 unspecified atom stereocenters. The number of aliphatic hydroxyl groups is 1. The molecule has 0 spiro atoms. The van der Waals surface area contributed by atoms with Crippen LogP contribution in [0.2, 0.25) is 18.1 Å². The average Bonchev–Trinajstić information content (AvgIpc) is 3.02. The van der Waals surface area contributed by atoms with Crippen molar-refractivity contribution < 1.29 is 13.9 Å². The minimum atomic E-state index is -2.18. The molecule has 1 N–H and O–H groups in total. The molecule has 5 rings (SSSR count). The topological polar surface area (TPSA) is 67.6 Å². The number of nitrogens with zero attached hydrogens (tertiary/aromatic N) is 3. The summed E-state index contributed by atoms with van der Waals surface area (Å²) in [5.41, 5.74) is 4.44. The maximum Gasteiger partial charge on any atom is 0.282 e. The first-order valence-electron chi connectivity index (χ1n) is 14.4. The van der Waals surface area contributed by atoms with E-state index in [1.54, 1.807) is 6.20 Å². The van der Waals surface area contributed by atoms with Gasteiger partial charge in [0.2, 0.25) is 0 Å². The average molecular weight is 655 g/mol. The molecule has 2 heterocycles. The number of aromatic nitrogens is 2. The van der Waals surface area contributed by atoms with Gasteiger partial charge in [0.25, 0.3) is 5.56 Å². The predicted molar refractivity (Wildman–Crippen MR) is 174 cm³/mol. The van der Waals surface area contributed by atoms with Crippen LogP contribution in [0.1, 0.15) is 64.7 Å². The van der Waals surface area contributed by atoms with E-state index < -0.39 is 25.9 Å². The van der Waals surface area contributed by atoms with Crippen molar-refractivity contribution in [1.29, 1.82) is 0 Å². The summed E-state index contributed by atoms with van der Waals surface area (Å²) in [6, 6.07) is 9.13. The number of aliphatic hydroxyl groups excluding tert-OH is 1. The van der Waals surface area contributed by atoms with Crippen molar-refractivity contribution >= 4 is 40.6 Å². The highest BCUT2D eigenvalue weighted by Crippen LogP contribution is 2.44. The van der Waals surface area contributed by atoms with Crippen LogP contribution in [-0.2, 0) is 16.3 Å². The lowest BCUT2D eigenvalue weighted by molar-refractivity contribution is 0.0743. The van der Waals surface area contributed by atoms with Crippen LogP contribution in [0.15, 0.2) is 57.6 Å². The van der Waals surface area contributed by atoms with Gasteiger partial charge in [0.1, 0.15) is 5.82 Å². The van der Waals surface area contributed by atoms with Gasteiger partial charge in [-0.15, -0.1) is 0 Å². The van der Waals surface area contributed by atoms with E-state index in [0.717, 1.165) is 28.0 Å². The smallest absolute Gasteiger partial charge is 0.282 e. The summed E-state index contributed by atoms with van der Waals surface area (Å²) in [4.78, 5) is 15.8. The first-order chi connectivity index (χ1) is 19.4. The minimum Gasteiger partial charge on any atom is -0.413 e. The van der Waals surface area contributed by atoms with E-state index in [-0.39, 0.29) is 21.9 Å². The van der Waals surface area contributed by atoms with Crippen LogP contribution in [0.5, 0.6) is 0 Å². The van der Waals surface area contributed by atoms with Crippen LogP contribution in [0, 0.1) is 5.82 Å². The molecule has 0 saturated carbocycles. The van der Waals surface area contributed by atoms with E-state index in [1.807, 2.05) is 63.1 Å². The van der Waals surface area contributed by atoms with Crippen LogP contribution >= 0.6 is 15.9 Å². The van der Waals surface area contributed by atoms with E-state index in [1.165, 1.54) is 10.7 Å². The highest BCUT2D eigenvalue weighted by molar-refractivity contribution is 9.11. The van der Waals surface area contributed by atoms with Gasteiger partial charge in [-0.3, -0.25) is 4.79 Å². The zero-order valence-electron chi connectivity index (χ0n) is 26.0. The Morgan fingerprint density at radius 3 is 2.45 bits per heavy atom. The molecule has 224 valence electrons. The maximum atomic E-state index is 15.5. The molecule has 1 aromatic heterocycles. The number of hydrogen-bond donors (Lipinski definition) is 1. The summed E-state index contributed by atoms with van der Waals surface area (Å²) in [7, 11) is -0.294. The predicted octanol–water partition coefficient (Wildman–Crippen LogP) is 7.41. The van der Waals surface area contributed by atoms with Gasteiger partial charge in [-0.05, 0) is 64.5 Å². The second-order valence-corrected chi connectivity index (χ2v) is 19.8. The molecule has 9 heteroatoms. The summed E-state index contributed by atoms with van der Waals surface area (Å²) in [5, 5.41) is 16.0. The van der Waals surface area contributed by atoms with Crippen molar-refractivity contribution in [3.8, 4) is 5.69 Å². The molecule has 2 aromatic carbocycles. The molecule has 3 aromatic rings. The first kappa shape index (κ1) is 30.9. The number of benzene rings is 2. The first-order valence-corrected chi connectivity index (χ1v) is 18.1. The van der Waals surface area contributed by atoms with Gasteiger partial charge < -0.3 is 14.4 Å². The Morgan fingerprint density at radius 2 is 1.81 bits per heavy atom. The monoisotopic (exact) mass is 653 g/mol. The van der Waals surface area contributed by atoms with Crippen molar-refractivity contribution in [3.63, 3.8) is 0 Å². The van der Waals surface area contributed by atoms with Gasteiger partial charge in [0, 0.05) is 41.0 Å². The molecule has 1 aliphatic heterocycles. The van der Waals surface area contributed by atoms with E-state index in [2.05, 4.69) is 54.9 Å². The molecule has 0 saturated heterocycles. The largest absolute Gasteiger partial charge is 0.413 e. The molecule has 0 radical (unpaired) electrons. The Morgan fingerprint density at radius 1 is 1.12 bits per heavy atom. The summed E-state index contributed by atoms with van der Waals surface area (Å²) in [6.07, 6.45) is 3.69. The Kier molecular flexibility index (Phi) is 7.74. The third kappa shape index (κ3) is 5.33. The van der Waals surface area contributed by atoms with E-state index in [0.29, 0.717) is 28.4 Å². The fraction of sp³-hybridized carbons (Fsp3) is 0.455. The van der Waals surface area contributed by atoms with E-state index >= 15 is 4.39 Å². The zero-order valence-corrected chi connectivity index (χ0v) is 28.6. The van der Waals surface area contributed by atoms with Crippen LogP contribution in [0.25, 0.3) is 22.0 Å². The van der Waals surface area contributed by atoms with Gasteiger partial charge in [-0.2, -0.15) is 9.78 Å². The van der Waals surface area contributed by atoms with Gasteiger partial charge >= 0.3 is 0 Å². The van der Waals surface area contributed by atoms with Crippen molar-refractivity contribution in [1.82, 2.24) is 14.7 Å². The van der Waals surface area contributed by atoms with Crippen LogP contribution < -0.4 is 5.56 Å². The molecule has 42 heavy (non-hydrogen) atoms. The molecule has 2 atom stereocenters. The maximum absolute atomic E-state index is 15.5. The van der Waals surface area contributed by atoms with Gasteiger partial charge in [0.15, 0.2) is 14.5 Å². The third-order valence-corrected chi connectivity index (χ3v) is 14.3. The number of hydrogen-bond acceptors (Lipinski definition) is 5. The van der Waals surface area contributed by atoms with Gasteiger partial charge in [-0.1, -0.05) is 69.6 Å². The number of halogens is 2. The second kappa shape index (κ2) is 10.5. The zero-order chi connectivity index (χ0) is 30.9. The highest BCUT2D eigenvalue weighted by Gasteiger charge is 2.41. The van der Waals surface area contributed by atoms with Crippen LogP contribution in [0.3, 0.4) is 0 Å². The SMILES string of the molecule is CN1C2=C(C=C(Br)C1O)c1cccc(-n3ncc4cc(C(C)(C)C)cc(F)c4c3=O)c1CC(O[Si](C)(C)C(C)(C)C)C2. The minimum absolute atomic E-state index is 0.0000485. The molecule has 0 amide bonds. The fourth-order valence-corrected chi connectivity index (χ4v) is 7.47. The number of fused-ring (bicyclic) bond motifs is 3. The van der Waals surface area contributed by atoms with Gasteiger partial charge in [0.05, 0.1) is 23.4 Å².